The maximum absolute atomic E-state index is 5.45. The molecule has 0 amide bonds. The highest BCUT2D eigenvalue weighted by Crippen LogP contribution is 2.24. The van der Waals surface area contributed by atoms with Gasteiger partial charge in [-0.2, -0.15) is 0 Å². The van der Waals surface area contributed by atoms with Crippen LogP contribution in [0.25, 0.3) is 0 Å². The van der Waals surface area contributed by atoms with E-state index in [1.165, 1.54) is 0 Å². The summed E-state index contributed by atoms with van der Waals surface area (Å²) < 4.78 is 5.45. The van der Waals surface area contributed by atoms with Crippen molar-refractivity contribution in [3.8, 4) is 5.75 Å². The first-order valence-corrected chi connectivity index (χ1v) is 6.69. The fourth-order valence-electron chi connectivity index (χ4n) is 2.31. The van der Waals surface area contributed by atoms with Gasteiger partial charge in [-0.25, -0.2) is 0 Å². The molecule has 0 aromatic carbocycles. The zero-order valence-electron chi connectivity index (χ0n) is 12.6. The third-order valence-electron chi connectivity index (χ3n) is 3.33. The van der Waals surface area contributed by atoms with Crippen molar-refractivity contribution in [2.45, 2.75) is 26.9 Å². The topological polar surface area (TPSA) is 38.2 Å². The van der Waals surface area contributed by atoms with Crippen LogP contribution in [0.5, 0.6) is 5.75 Å². The summed E-state index contributed by atoms with van der Waals surface area (Å²) in [5.74, 6) is 0.932. The molecule has 0 saturated heterocycles. The molecule has 2 heterocycles. The van der Waals surface area contributed by atoms with Crippen molar-refractivity contribution >= 4 is 0 Å². The van der Waals surface area contributed by atoms with Crippen LogP contribution in [-0.2, 0) is 13.1 Å². The van der Waals surface area contributed by atoms with Crippen LogP contribution in [0.4, 0.5) is 0 Å². The van der Waals surface area contributed by atoms with Crippen LogP contribution in [0, 0.1) is 13.8 Å². The van der Waals surface area contributed by atoms with Crippen molar-refractivity contribution in [3.63, 3.8) is 0 Å². The second kappa shape index (κ2) is 6.48. The van der Waals surface area contributed by atoms with Crippen molar-refractivity contribution in [2.75, 3.05) is 14.2 Å². The number of pyridine rings is 2. The number of methoxy groups -OCH3 is 1. The number of rotatable bonds is 5. The molecule has 0 N–H and O–H groups in total. The van der Waals surface area contributed by atoms with Gasteiger partial charge in [0.05, 0.1) is 18.5 Å². The smallest absolute Gasteiger partial charge is 0.128 e. The fraction of sp³-hybridized carbons (Fsp3) is 0.375. The summed E-state index contributed by atoms with van der Waals surface area (Å²) in [5, 5.41) is 0. The van der Waals surface area contributed by atoms with Gasteiger partial charge in [-0.1, -0.05) is 6.07 Å². The zero-order valence-corrected chi connectivity index (χ0v) is 12.6. The number of hydrogen-bond donors (Lipinski definition) is 0. The molecule has 0 radical (unpaired) electrons. The van der Waals surface area contributed by atoms with Crippen LogP contribution in [0.1, 0.15) is 22.5 Å². The van der Waals surface area contributed by atoms with Gasteiger partial charge in [-0.15, -0.1) is 0 Å². The Bertz CT molecular complexity index is 569. The Morgan fingerprint density at radius 3 is 2.60 bits per heavy atom. The lowest BCUT2D eigenvalue weighted by Crippen LogP contribution is -2.19. The van der Waals surface area contributed by atoms with Crippen molar-refractivity contribution in [2.24, 2.45) is 0 Å². The minimum absolute atomic E-state index is 0.777. The van der Waals surface area contributed by atoms with Crippen LogP contribution < -0.4 is 4.74 Å². The van der Waals surface area contributed by atoms with Crippen LogP contribution >= 0.6 is 0 Å². The quantitative estimate of drug-likeness (QED) is 0.838. The third-order valence-corrected chi connectivity index (χ3v) is 3.33. The second-order valence-electron chi connectivity index (χ2n) is 5.04. The SMILES string of the molecule is COc1c(C)cnc(CN(C)Cc2ccccn2)c1C. The van der Waals surface area contributed by atoms with Crippen molar-refractivity contribution < 1.29 is 4.74 Å². The normalized spacial score (nSPS) is 10.8. The van der Waals surface area contributed by atoms with Gasteiger partial charge in [0.2, 0.25) is 0 Å². The average Bonchev–Trinajstić information content (AvgIpc) is 2.44. The van der Waals surface area contributed by atoms with E-state index in [0.717, 1.165) is 41.4 Å². The third kappa shape index (κ3) is 3.33. The van der Waals surface area contributed by atoms with Crippen molar-refractivity contribution in [3.05, 3.63) is 53.1 Å². The summed E-state index contributed by atoms with van der Waals surface area (Å²) >= 11 is 0. The van der Waals surface area contributed by atoms with Gasteiger partial charge in [0.25, 0.3) is 0 Å². The molecule has 0 aliphatic rings. The molecule has 20 heavy (non-hydrogen) atoms. The monoisotopic (exact) mass is 271 g/mol. The minimum atomic E-state index is 0.777. The van der Waals surface area contributed by atoms with E-state index >= 15 is 0 Å². The molecule has 2 aromatic heterocycles. The highest BCUT2D eigenvalue weighted by atomic mass is 16.5. The van der Waals surface area contributed by atoms with Crippen molar-refractivity contribution in [1.82, 2.24) is 14.9 Å². The Morgan fingerprint density at radius 2 is 1.95 bits per heavy atom. The van der Waals surface area contributed by atoms with Gasteiger partial charge in [0.15, 0.2) is 0 Å². The average molecular weight is 271 g/mol. The summed E-state index contributed by atoms with van der Waals surface area (Å²) in [5.41, 5.74) is 4.29. The van der Waals surface area contributed by atoms with Crippen LogP contribution in [0.2, 0.25) is 0 Å². The van der Waals surface area contributed by atoms with Gasteiger partial charge in [0, 0.05) is 36.6 Å². The fourth-order valence-corrected chi connectivity index (χ4v) is 2.31. The lowest BCUT2D eigenvalue weighted by atomic mass is 10.1. The lowest BCUT2D eigenvalue weighted by molar-refractivity contribution is 0.309. The first-order chi connectivity index (χ1) is 9.61. The van der Waals surface area contributed by atoms with Gasteiger partial charge < -0.3 is 4.74 Å². The molecule has 0 aliphatic carbocycles. The van der Waals surface area contributed by atoms with Crippen LogP contribution in [0.15, 0.2) is 30.6 Å². The first-order valence-electron chi connectivity index (χ1n) is 6.69. The first kappa shape index (κ1) is 14.5. The van der Waals surface area contributed by atoms with Gasteiger partial charge in [-0.05, 0) is 33.0 Å². The van der Waals surface area contributed by atoms with E-state index < -0.39 is 0 Å². The molecule has 0 atom stereocenters. The summed E-state index contributed by atoms with van der Waals surface area (Å²) in [6.45, 7) is 5.65. The standard InChI is InChI=1S/C16H21N3O/c1-12-9-18-15(13(2)16(12)20-4)11-19(3)10-14-7-5-6-8-17-14/h5-9H,10-11H2,1-4H3. The summed E-state index contributed by atoms with van der Waals surface area (Å²) in [4.78, 5) is 11.1. The predicted octanol–water partition coefficient (Wildman–Crippen LogP) is 2.73. The molecule has 0 unspecified atom stereocenters. The van der Waals surface area contributed by atoms with E-state index in [0.29, 0.717) is 0 Å². The van der Waals surface area contributed by atoms with Crippen LogP contribution in [-0.4, -0.2) is 29.0 Å². The largest absolute Gasteiger partial charge is 0.496 e. The number of aryl methyl sites for hydroxylation is 1. The van der Waals surface area contributed by atoms with E-state index in [2.05, 4.69) is 28.8 Å². The molecule has 2 aromatic rings. The van der Waals surface area contributed by atoms with E-state index in [1.54, 1.807) is 7.11 Å². The molecular weight excluding hydrogens is 250 g/mol. The molecule has 4 heteroatoms. The van der Waals surface area contributed by atoms with Gasteiger partial charge in [-0.3, -0.25) is 14.9 Å². The van der Waals surface area contributed by atoms with Gasteiger partial charge >= 0.3 is 0 Å². The molecule has 0 aliphatic heterocycles. The Morgan fingerprint density at radius 1 is 1.15 bits per heavy atom. The number of ether oxygens (including phenoxy) is 1. The number of aromatic nitrogens is 2. The summed E-state index contributed by atoms with van der Waals surface area (Å²) in [7, 11) is 3.78. The molecule has 106 valence electrons. The molecule has 0 spiro atoms. The minimum Gasteiger partial charge on any atom is -0.496 e. The number of hydrogen-bond acceptors (Lipinski definition) is 4. The predicted molar refractivity (Wildman–Crippen MR) is 79.7 cm³/mol. The molecule has 2 rings (SSSR count). The highest BCUT2D eigenvalue weighted by molar-refractivity contribution is 5.41. The van der Waals surface area contributed by atoms with E-state index in [-0.39, 0.29) is 0 Å². The highest BCUT2D eigenvalue weighted by Gasteiger charge is 2.11. The second-order valence-corrected chi connectivity index (χ2v) is 5.04. The van der Waals surface area contributed by atoms with E-state index in [4.69, 9.17) is 4.74 Å². The van der Waals surface area contributed by atoms with E-state index in [1.807, 2.05) is 37.5 Å². The molecule has 4 nitrogen and oxygen atoms in total. The van der Waals surface area contributed by atoms with Crippen molar-refractivity contribution in [1.29, 1.82) is 0 Å². The lowest BCUT2D eigenvalue weighted by Gasteiger charge is -2.18. The number of nitrogens with zero attached hydrogens (tertiary/aromatic N) is 3. The molecular formula is C16H21N3O. The molecule has 0 saturated carbocycles. The molecule has 0 bridgehead atoms. The Hall–Kier alpha value is -1.94. The summed E-state index contributed by atoms with van der Waals surface area (Å²) in [6.07, 6.45) is 3.69. The Kier molecular flexibility index (Phi) is 4.69. The van der Waals surface area contributed by atoms with Crippen LogP contribution in [0.3, 0.4) is 0 Å². The Balaban J connectivity index is 2.10. The maximum Gasteiger partial charge on any atom is 0.128 e. The zero-order chi connectivity index (χ0) is 14.5. The molecule has 0 fully saturated rings. The van der Waals surface area contributed by atoms with Gasteiger partial charge in [0.1, 0.15) is 5.75 Å². The maximum atomic E-state index is 5.45. The summed E-state index contributed by atoms with van der Waals surface area (Å²) in [6, 6.07) is 5.97. The van der Waals surface area contributed by atoms with E-state index in [9.17, 15) is 0 Å². The Labute approximate surface area is 120 Å².